The number of hydrogen-bond acceptors (Lipinski definition) is 3. The number of thioether (sulfide) groups is 1. The zero-order chi connectivity index (χ0) is 12.3. The molecule has 2 rings (SSSR count). The summed E-state index contributed by atoms with van der Waals surface area (Å²) < 4.78 is 0.993. The molecule has 1 aromatic heterocycles. The van der Waals surface area contributed by atoms with Gasteiger partial charge in [-0.1, -0.05) is 0 Å². The maximum atomic E-state index is 4.37. The van der Waals surface area contributed by atoms with Gasteiger partial charge in [-0.05, 0) is 58.6 Å². The van der Waals surface area contributed by atoms with Crippen molar-refractivity contribution < 1.29 is 0 Å². The Balaban J connectivity index is 2.23. The number of halogens is 1. The van der Waals surface area contributed by atoms with Crippen molar-refractivity contribution in [2.45, 2.75) is 4.90 Å². The molecule has 0 unspecified atom stereocenters. The van der Waals surface area contributed by atoms with E-state index in [9.17, 15) is 0 Å². The molecule has 1 heterocycles. The van der Waals surface area contributed by atoms with Crippen LogP contribution in [0, 0.1) is 0 Å². The van der Waals surface area contributed by atoms with E-state index in [4.69, 9.17) is 0 Å². The third kappa shape index (κ3) is 3.01. The average Bonchev–Trinajstić information content (AvgIpc) is 2.39. The Bertz CT molecular complexity index is 482. The molecule has 0 saturated heterocycles. The topological polar surface area (TPSA) is 16.1 Å². The molecule has 0 aliphatic heterocycles. The summed E-state index contributed by atoms with van der Waals surface area (Å²) in [5, 5.41) is 0. The molecule has 0 aliphatic carbocycles. The van der Waals surface area contributed by atoms with Crippen molar-refractivity contribution in [1.29, 1.82) is 0 Å². The highest BCUT2D eigenvalue weighted by atomic mass is 79.9. The van der Waals surface area contributed by atoms with Gasteiger partial charge >= 0.3 is 0 Å². The summed E-state index contributed by atoms with van der Waals surface area (Å²) >= 11 is 5.13. The SMILES string of the molecule is CSc1ccc(N(C)c2ccc(Br)cn2)cc1. The maximum absolute atomic E-state index is 4.37. The number of hydrogen-bond donors (Lipinski definition) is 0. The second kappa shape index (κ2) is 5.56. The van der Waals surface area contributed by atoms with Gasteiger partial charge in [0.25, 0.3) is 0 Å². The van der Waals surface area contributed by atoms with E-state index in [1.165, 1.54) is 4.90 Å². The van der Waals surface area contributed by atoms with E-state index >= 15 is 0 Å². The maximum Gasteiger partial charge on any atom is 0.132 e. The second-order valence-corrected chi connectivity index (χ2v) is 5.39. The van der Waals surface area contributed by atoms with Crippen molar-refractivity contribution in [2.75, 3.05) is 18.2 Å². The van der Waals surface area contributed by atoms with Crippen molar-refractivity contribution in [3.8, 4) is 0 Å². The summed E-state index contributed by atoms with van der Waals surface area (Å²) in [7, 11) is 2.02. The van der Waals surface area contributed by atoms with Crippen molar-refractivity contribution in [1.82, 2.24) is 4.98 Å². The fraction of sp³-hybridized carbons (Fsp3) is 0.154. The average molecular weight is 309 g/mol. The van der Waals surface area contributed by atoms with Crippen LogP contribution in [0.15, 0.2) is 52.0 Å². The molecule has 2 aromatic rings. The van der Waals surface area contributed by atoms with Crippen LogP contribution in [0.4, 0.5) is 11.5 Å². The summed E-state index contributed by atoms with van der Waals surface area (Å²) in [6.45, 7) is 0. The minimum Gasteiger partial charge on any atom is -0.329 e. The lowest BCUT2D eigenvalue weighted by molar-refractivity contribution is 1.12. The van der Waals surface area contributed by atoms with Crippen LogP contribution >= 0.6 is 27.7 Å². The third-order valence-electron chi connectivity index (χ3n) is 2.52. The highest BCUT2D eigenvalue weighted by Gasteiger charge is 2.04. The predicted molar refractivity (Wildman–Crippen MR) is 78.2 cm³/mol. The summed E-state index contributed by atoms with van der Waals surface area (Å²) in [4.78, 5) is 7.71. The minimum atomic E-state index is 0.935. The van der Waals surface area contributed by atoms with E-state index in [1.807, 2.05) is 25.4 Å². The van der Waals surface area contributed by atoms with Crippen LogP contribution in [0.25, 0.3) is 0 Å². The molecule has 4 heteroatoms. The van der Waals surface area contributed by atoms with Crippen LogP contribution in [-0.2, 0) is 0 Å². The van der Waals surface area contributed by atoms with Crippen molar-refractivity contribution in [2.24, 2.45) is 0 Å². The van der Waals surface area contributed by atoms with Crippen LogP contribution < -0.4 is 4.90 Å². The molecule has 88 valence electrons. The molecule has 0 radical (unpaired) electrons. The first-order chi connectivity index (χ1) is 8.20. The first-order valence-corrected chi connectivity index (χ1v) is 7.22. The normalized spacial score (nSPS) is 10.3. The zero-order valence-corrected chi connectivity index (χ0v) is 12.1. The Hall–Kier alpha value is -1.00. The van der Waals surface area contributed by atoms with E-state index in [0.29, 0.717) is 0 Å². The van der Waals surface area contributed by atoms with E-state index < -0.39 is 0 Å². The van der Waals surface area contributed by atoms with E-state index in [0.717, 1.165) is 16.0 Å². The first-order valence-electron chi connectivity index (χ1n) is 5.20. The van der Waals surface area contributed by atoms with Crippen molar-refractivity contribution >= 4 is 39.2 Å². The Morgan fingerprint density at radius 2 is 1.82 bits per heavy atom. The highest BCUT2D eigenvalue weighted by Crippen LogP contribution is 2.25. The summed E-state index contributed by atoms with van der Waals surface area (Å²) in [6, 6.07) is 12.4. The Kier molecular flexibility index (Phi) is 4.07. The number of anilines is 2. The van der Waals surface area contributed by atoms with Gasteiger partial charge in [0.2, 0.25) is 0 Å². The fourth-order valence-corrected chi connectivity index (χ4v) is 2.15. The van der Waals surface area contributed by atoms with Gasteiger partial charge in [-0.2, -0.15) is 0 Å². The van der Waals surface area contributed by atoms with E-state index in [1.54, 1.807) is 11.8 Å². The molecule has 0 bridgehead atoms. The van der Waals surface area contributed by atoms with Crippen molar-refractivity contribution in [3.05, 3.63) is 47.1 Å². The molecule has 0 atom stereocenters. The molecule has 17 heavy (non-hydrogen) atoms. The van der Waals surface area contributed by atoms with Gasteiger partial charge in [0.05, 0.1) is 0 Å². The lowest BCUT2D eigenvalue weighted by atomic mass is 10.3. The summed E-state index contributed by atoms with van der Waals surface area (Å²) in [5.74, 6) is 0.935. The minimum absolute atomic E-state index is 0.935. The monoisotopic (exact) mass is 308 g/mol. The third-order valence-corrected chi connectivity index (χ3v) is 3.73. The molecule has 0 N–H and O–H groups in total. The molecule has 1 aromatic carbocycles. The summed E-state index contributed by atoms with van der Waals surface area (Å²) in [5.41, 5.74) is 1.14. The van der Waals surface area contributed by atoms with Crippen LogP contribution in [0.3, 0.4) is 0 Å². The second-order valence-electron chi connectivity index (χ2n) is 3.59. The number of pyridine rings is 1. The fourth-order valence-electron chi connectivity index (χ4n) is 1.50. The molecule has 0 amide bonds. The Morgan fingerprint density at radius 1 is 1.12 bits per heavy atom. The molecular weight excluding hydrogens is 296 g/mol. The smallest absolute Gasteiger partial charge is 0.132 e. The summed E-state index contributed by atoms with van der Waals surface area (Å²) in [6.07, 6.45) is 3.89. The van der Waals surface area contributed by atoms with Gasteiger partial charge in [-0.25, -0.2) is 4.98 Å². The molecule has 2 nitrogen and oxygen atoms in total. The van der Waals surface area contributed by atoms with Gasteiger partial charge in [0.1, 0.15) is 5.82 Å². The van der Waals surface area contributed by atoms with Crippen LogP contribution in [-0.4, -0.2) is 18.3 Å². The molecule has 0 fully saturated rings. The Labute approximate surface area is 114 Å². The van der Waals surface area contributed by atoms with Crippen molar-refractivity contribution in [3.63, 3.8) is 0 Å². The van der Waals surface area contributed by atoms with Gasteiger partial charge in [-0.15, -0.1) is 11.8 Å². The molecule has 0 saturated carbocycles. The van der Waals surface area contributed by atoms with E-state index in [2.05, 4.69) is 56.3 Å². The van der Waals surface area contributed by atoms with E-state index in [-0.39, 0.29) is 0 Å². The molecular formula is C13H13BrN2S. The molecule has 0 spiro atoms. The lowest BCUT2D eigenvalue weighted by Gasteiger charge is -2.18. The van der Waals surface area contributed by atoms with Gasteiger partial charge in [0.15, 0.2) is 0 Å². The quantitative estimate of drug-likeness (QED) is 0.785. The number of nitrogens with zero attached hydrogens (tertiary/aromatic N) is 2. The van der Waals surface area contributed by atoms with Crippen LogP contribution in [0.2, 0.25) is 0 Å². The Morgan fingerprint density at radius 3 is 2.35 bits per heavy atom. The van der Waals surface area contributed by atoms with Gasteiger partial charge in [0, 0.05) is 28.3 Å². The van der Waals surface area contributed by atoms with Crippen LogP contribution in [0.1, 0.15) is 0 Å². The highest BCUT2D eigenvalue weighted by molar-refractivity contribution is 9.10. The standard InChI is InChI=1S/C13H13BrN2S/c1-16(13-8-3-10(14)9-15-13)11-4-6-12(17-2)7-5-11/h3-9H,1-2H3. The van der Waals surface area contributed by atoms with Gasteiger partial charge < -0.3 is 4.90 Å². The predicted octanol–water partition coefficient (Wildman–Crippen LogP) is 4.33. The number of rotatable bonds is 3. The molecule has 0 aliphatic rings. The largest absolute Gasteiger partial charge is 0.329 e. The van der Waals surface area contributed by atoms with Gasteiger partial charge in [-0.3, -0.25) is 0 Å². The zero-order valence-electron chi connectivity index (χ0n) is 9.72. The lowest BCUT2D eigenvalue weighted by Crippen LogP contribution is -2.10. The van der Waals surface area contributed by atoms with Crippen LogP contribution in [0.5, 0.6) is 0 Å². The first kappa shape index (κ1) is 12.5. The number of benzene rings is 1. The number of aromatic nitrogens is 1.